The molecule has 3 rings (SSSR count). The highest BCUT2D eigenvalue weighted by molar-refractivity contribution is 7.26. The van der Waals surface area contributed by atoms with Gasteiger partial charge < -0.3 is 0 Å². The topological polar surface area (TPSA) is 0 Å². The van der Waals surface area contributed by atoms with Crippen molar-refractivity contribution in [1.29, 1.82) is 0 Å². The van der Waals surface area contributed by atoms with E-state index in [2.05, 4.69) is 50.2 Å². The van der Waals surface area contributed by atoms with Crippen LogP contribution >= 0.6 is 34.0 Å². The highest BCUT2D eigenvalue weighted by Crippen LogP contribution is 2.39. The molecule has 0 aromatic carbocycles. The van der Waals surface area contributed by atoms with Crippen LogP contribution in [-0.2, 0) is 6.42 Å². The van der Waals surface area contributed by atoms with Crippen LogP contribution in [0.1, 0.15) is 42.4 Å². The van der Waals surface area contributed by atoms with E-state index in [1.165, 1.54) is 61.4 Å². The van der Waals surface area contributed by atoms with Gasteiger partial charge in [-0.05, 0) is 56.2 Å². The Balaban J connectivity index is 1.67. The Morgan fingerprint density at radius 3 is 2.00 bits per heavy atom. The van der Waals surface area contributed by atoms with Crippen LogP contribution in [0.5, 0.6) is 0 Å². The maximum atomic E-state index is 2.32. The molecule has 0 unspecified atom stereocenters. The lowest BCUT2D eigenvalue weighted by molar-refractivity contribution is 0.670. The number of unbranched alkanes of at least 4 members (excludes halogenated alkanes) is 3. The molecule has 0 saturated heterocycles. The molecule has 3 heterocycles. The number of thiophene rings is 3. The standard InChI is InChI=1S/C19H22S3/c1-3-4-5-6-7-15-9-11-17(21-15)19-13-12-18(22-19)16-10-8-14(2)20-16/h8-13H,3-7H2,1-2H3. The van der Waals surface area contributed by atoms with E-state index in [4.69, 9.17) is 0 Å². The van der Waals surface area contributed by atoms with Crippen molar-refractivity contribution in [2.75, 3.05) is 0 Å². The summed E-state index contributed by atoms with van der Waals surface area (Å²) in [4.78, 5) is 8.54. The molecule has 3 aromatic heterocycles. The second-order valence-electron chi connectivity index (χ2n) is 5.65. The summed E-state index contributed by atoms with van der Waals surface area (Å²) < 4.78 is 0. The number of hydrogen-bond donors (Lipinski definition) is 0. The first-order valence-corrected chi connectivity index (χ1v) is 10.5. The number of aryl methyl sites for hydroxylation is 2. The van der Waals surface area contributed by atoms with Gasteiger partial charge in [-0.2, -0.15) is 0 Å². The lowest BCUT2D eigenvalue weighted by Crippen LogP contribution is -1.80. The van der Waals surface area contributed by atoms with Crippen LogP contribution in [0.3, 0.4) is 0 Å². The summed E-state index contributed by atoms with van der Waals surface area (Å²) in [6, 6.07) is 13.6. The third kappa shape index (κ3) is 3.89. The van der Waals surface area contributed by atoms with Crippen molar-refractivity contribution in [2.24, 2.45) is 0 Å². The Morgan fingerprint density at radius 1 is 0.682 bits per heavy atom. The third-order valence-electron chi connectivity index (χ3n) is 3.77. The molecule has 0 aliphatic rings. The van der Waals surface area contributed by atoms with Crippen LogP contribution in [0.25, 0.3) is 19.5 Å². The normalized spacial score (nSPS) is 11.2. The second kappa shape index (κ2) is 7.58. The summed E-state index contributed by atoms with van der Waals surface area (Å²) in [6.07, 6.45) is 6.62. The molecule has 0 fully saturated rings. The Labute approximate surface area is 145 Å². The Kier molecular flexibility index (Phi) is 5.51. The van der Waals surface area contributed by atoms with Crippen LogP contribution in [0.15, 0.2) is 36.4 Å². The van der Waals surface area contributed by atoms with Crippen LogP contribution in [0.2, 0.25) is 0 Å². The largest absolute Gasteiger partial charge is 0.140 e. The first-order chi connectivity index (χ1) is 10.8. The van der Waals surface area contributed by atoms with Crippen LogP contribution < -0.4 is 0 Å². The predicted octanol–water partition coefficient (Wildman–Crippen LogP) is 7.64. The van der Waals surface area contributed by atoms with Gasteiger partial charge in [0.15, 0.2) is 0 Å². The minimum absolute atomic E-state index is 1.24. The Morgan fingerprint density at radius 2 is 1.32 bits per heavy atom. The summed E-state index contributed by atoms with van der Waals surface area (Å²) >= 11 is 5.77. The van der Waals surface area contributed by atoms with Gasteiger partial charge in [-0.1, -0.05) is 26.2 Å². The molecule has 3 aromatic rings. The number of hydrogen-bond acceptors (Lipinski definition) is 3. The summed E-state index contributed by atoms with van der Waals surface area (Å²) in [5.41, 5.74) is 0. The molecule has 0 radical (unpaired) electrons. The Hall–Kier alpha value is -0.900. The molecule has 3 heteroatoms. The van der Waals surface area contributed by atoms with Crippen LogP contribution in [-0.4, -0.2) is 0 Å². The van der Waals surface area contributed by atoms with E-state index in [1.807, 2.05) is 34.0 Å². The van der Waals surface area contributed by atoms with E-state index in [0.29, 0.717) is 0 Å². The molecule has 0 atom stereocenters. The first-order valence-electron chi connectivity index (χ1n) is 8.02. The van der Waals surface area contributed by atoms with E-state index in [-0.39, 0.29) is 0 Å². The summed E-state index contributed by atoms with van der Waals surface area (Å²) in [5.74, 6) is 0. The smallest absolute Gasteiger partial charge is 0.0449 e. The van der Waals surface area contributed by atoms with Gasteiger partial charge in [-0.3, -0.25) is 0 Å². The fraction of sp³-hybridized carbons (Fsp3) is 0.368. The van der Waals surface area contributed by atoms with Gasteiger partial charge in [0.1, 0.15) is 0 Å². The van der Waals surface area contributed by atoms with Gasteiger partial charge in [0.05, 0.1) is 0 Å². The third-order valence-corrected chi connectivity index (χ3v) is 7.39. The number of rotatable bonds is 7. The molecule has 116 valence electrons. The molecular formula is C19H22S3. The molecule has 0 saturated carbocycles. The lowest BCUT2D eigenvalue weighted by atomic mass is 10.1. The molecule has 0 amide bonds. The van der Waals surface area contributed by atoms with Gasteiger partial charge in [-0.15, -0.1) is 34.0 Å². The second-order valence-corrected chi connectivity index (χ2v) is 9.19. The molecular weight excluding hydrogens is 324 g/mol. The average Bonchev–Trinajstić information content (AvgIpc) is 3.23. The van der Waals surface area contributed by atoms with Crippen molar-refractivity contribution in [1.82, 2.24) is 0 Å². The maximum Gasteiger partial charge on any atom is 0.0449 e. The van der Waals surface area contributed by atoms with Gasteiger partial charge in [0.2, 0.25) is 0 Å². The van der Waals surface area contributed by atoms with Gasteiger partial charge >= 0.3 is 0 Å². The van der Waals surface area contributed by atoms with Crippen LogP contribution in [0.4, 0.5) is 0 Å². The van der Waals surface area contributed by atoms with E-state index < -0.39 is 0 Å². The van der Waals surface area contributed by atoms with E-state index in [9.17, 15) is 0 Å². The van der Waals surface area contributed by atoms with E-state index in [1.54, 1.807) is 0 Å². The quantitative estimate of drug-likeness (QED) is 0.386. The molecule has 22 heavy (non-hydrogen) atoms. The predicted molar refractivity (Wildman–Crippen MR) is 104 cm³/mol. The molecule has 0 nitrogen and oxygen atoms in total. The lowest BCUT2D eigenvalue weighted by Gasteiger charge is -1.96. The van der Waals surface area contributed by atoms with Gasteiger partial charge in [-0.25, -0.2) is 0 Å². The zero-order valence-electron chi connectivity index (χ0n) is 13.2. The highest BCUT2D eigenvalue weighted by atomic mass is 32.1. The van der Waals surface area contributed by atoms with E-state index >= 15 is 0 Å². The Bertz CT molecular complexity index is 714. The highest BCUT2D eigenvalue weighted by Gasteiger charge is 2.09. The SMILES string of the molecule is CCCCCCc1ccc(-c2ccc(-c3ccc(C)s3)s2)s1. The maximum absolute atomic E-state index is 2.32. The van der Waals surface area contributed by atoms with E-state index in [0.717, 1.165) is 0 Å². The van der Waals surface area contributed by atoms with Gasteiger partial charge in [0.25, 0.3) is 0 Å². The molecule has 0 aliphatic heterocycles. The molecule has 0 N–H and O–H groups in total. The first kappa shape index (κ1) is 16.0. The van der Waals surface area contributed by atoms with Crippen molar-refractivity contribution in [3.8, 4) is 19.5 Å². The van der Waals surface area contributed by atoms with Crippen molar-refractivity contribution in [3.05, 3.63) is 46.2 Å². The van der Waals surface area contributed by atoms with Gasteiger partial charge in [0, 0.05) is 29.3 Å². The summed E-state index contributed by atoms with van der Waals surface area (Å²) in [6.45, 7) is 4.44. The van der Waals surface area contributed by atoms with Crippen LogP contribution in [0, 0.1) is 6.92 Å². The monoisotopic (exact) mass is 346 g/mol. The zero-order chi connectivity index (χ0) is 15.4. The van der Waals surface area contributed by atoms with Crippen molar-refractivity contribution >= 4 is 34.0 Å². The van der Waals surface area contributed by atoms with Crippen molar-refractivity contribution in [2.45, 2.75) is 46.0 Å². The fourth-order valence-electron chi connectivity index (χ4n) is 2.54. The zero-order valence-corrected chi connectivity index (χ0v) is 15.7. The molecule has 0 bridgehead atoms. The molecule has 0 aliphatic carbocycles. The average molecular weight is 347 g/mol. The fourth-order valence-corrected chi connectivity index (χ4v) is 5.64. The summed E-state index contributed by atoms with van der Waals surface area (Å²) in [7, 11) is 0. The van der Waals surface area contributed by atoms with Crippen molar-refractivity contribution < 1.29 is 0 Å². The molecule has 0 spiro atoms. The minimum Gasteiger partial charge on any atom is -0.140 e. The minimum atomic E-state index is 1.24. The van der Waals surface area contributed by atoms with Crippen molar-refractivity contribution in [3.63, 3.8) is 0 Å². The summed E-state index contributed by atoms with van der Waals surface area (Å²) in [5, 5.41) is 0.